The van der Waals surface area contributed by atoms with Crippen LogP contribution < -0.4 is 5.32 Å². The van der Waals surface area contributed by atoms with Crippen LogP contribution in [0, 0.1) is 0 Å². The molecule has 1 aliphatic heterocycles. The normalized spacial score (nSPS) is 15.5. The van der Waals surface area contributed by atoms with E-state index in [1.165, 1.54) is 11.9 Å². The third-order valence-corrected chi connectivity index (χ3v) is 2.09. The first kappa shape index (κ1) is 11.4. The van der Waals surface area contributed by atoms with E-state index in [-0.39, 0.29) is 32.1 Å². The van der Waals surface area contributed by atoms with Crippen LogP contribution in [0.5, 0.6) is 0 Å². The molecule has 2 N–H and O–H groups in total. The van der Waals surface area contributed by atoms with Crippen LogP contribution in [0.2, 0.25) is 0 Å². The second-order valence-corrected chi connectivity index (χ2v) is 3.18. The van der Waals surface area contributed by atoms with E-state index >= 15 is 0 Å². The molecule has 7 heteroatoms. The van der Waals surface area contributed by atoms with Gasteiger partial charge in [0.25, 0.3) is 5.91 Å². The summed E-state index contributed by atoms with van der Waals surface area (Å²) in [5.74, 6) is -0.791. The maximum atomic E-state index is 11.4. The molecule has 0 aliphatic carbocycles. The fraction of sp³-hybridized carbons (Fsp3) is 0.625. The predicted molar refractivity (Wildman–Crippen MR) is 49.8 cm³/mol. The number of imide groups is 1. The molecule has 0 bridgehead atoms. The van der Waals surface area contributed by atoms with Gasteiger partial charge in [-0.1, -0.05) is 0 Å². The van der Waals surface area contributed by atoms with Crippen molar-refractivity contribution in [1.82, 2.24) is 15.1 Å². The molecule has 0 spiro atoms. The Morgan fingerprint density at radius 3 is 2.73 bits per heavy atom. The lowest BCUT2D eigenvalue weighted by atomic mass is 10.4. The second kappa shape index (κ2) is 4.74. The molecule has 0 radical (unpaired) electrons. The highest BCUT2D eigenvalue weighted by Gasteiger charge is 2.30. The van der Waals surface area contributed by atoms with Gasteiger partial charge in [-0.3, -0.25) is 14.5 Å². The Balaban J connectivity index is 2.50. The fourth-order valence-corrected chi connectivity index (χ4v) is 1.15. The number of amides is 4. The van der Waals surface area contributed by atoms with Crippen molar-refractivity contribution in [3.63, 3.8) is 0 Å². The maximum absolute atomic E-state index is 11.4. The van der Waals surface area contributed by atoms with Crippen LogP contribution in [0.15, 0.2) is 0 Å². The number of nitrogens with one attached hydrogen (secondary N) is 1. The zero-order chi connectivity index (χ0) is 11.4. The molecule has 15 heavy (non-hydrogen) atoms. The summed E-state index contributed by atoms with van der Waals surface area (Å²) in [6.07, 6.45) is 0. The number of rotatable bonds is 4. The Morgan fingerprint density at radius 2 is 2.27 bits per heavy atom. The van der Waals surface area contributed by atoms with Gasteiger partial charge < -0.3 is 15.3 Å². The van der Waals surface area contributed by atoms with Gasteiger partial charge in [0.2, 0.25) is 5.91 Å². The Labute approximate surface area is 86.6 Å². The summed E-state index contributed by atoms with van der Waals surface area (Å²) in [4.78, 5) is 35.7. The molecule has 7 nitrogen and oxygen atoms in total. The topological polar surface area (TPSA) is 89.9 Å². The van der Waals surface area contributed by atoms with Crippen LogP contribution in [-0.2, 0) is 9.59 Å². The molecule has 4 amide bonds. The van der Waals surface area contributed by atoms with Crippen molar-refractivity contribution in [2.75, 3.05) is 33.3 Å². The minimum Gasteiger partial charge on any atom is -0.395 e. The average Bonchev–Trinajstić information content (AvgIpc) is 2.49. The van der Waals surface area contributed by atoms with Gasteiger partial charge in [0.15, 0.2) is 0 Å². The van der Waals surface area contributed by atoms with Crippen molar-refractivity contribution < 1.29 is 19.5 Å². The largest absolute Gasteiger partial charge is 0.395 e. The van der Waals surface area contributed by atoms with Crippen molar-refractivity contribution >= 4 is 17.8 Å². The molecule has 1 fully saturated rings. The number of aliphatic hydroxyl groups excluding tert-OH is 1. The van der Waals surface area contributed by atoms with Crippen LogP contribution in [0.25, 0.3) is 0 Å². The molecule has 84 valence electrons. The smallest absolute Gasteiger partial charge is 0.325 e. The van der Waals surface area contributed by atoms with Gasteiger partial charge in [-0.15, -0.1) is 0 Å². The lowest BCUT2D eigenvalue weighted by molar-refractivity contribution is -0.135. The molecule has 1 aliphatic rings. The van der Waals surface area contributed by atoms with Crippen molar-refractivity contribution in [3.8, 4) is 0 Å². The summed E-state index contributed by atoms with van der Waals surface area (Å²) >= 11 is 0. The minimum absolute atomic E-state index is 0.0597. The molecule has 1 saturated heterocycles. The van der Waals surface area contributed by atoms with Crippen molar-refractivity contribution in [1.29, 1.82) is 0 Å². The first-order chi connectivity index (χ1) is 7.06. The van der Waals surface area contributed by atoms with Crippen LogP contribution in [0.1, 0.15) is 0 Å². The second-order valence-electron chi connectivity index (χ2n) is 3.18. The third kappa shape index (κ3) is 2.66. The van der Waals surface area contributed by atoms with Crippen LogP contribution >= 0.6 is 0 Å². The first-order valence-corrected chi connectivity index (χ1v) is 4.49. The number of hydrogen-bond acceptors (Lipinski definition) is 4. The highest BCUT2D eigenvalue weighted by Crippen LogP contribution is 1.99. The molecule has 1 rings (SSSR count). The lowest BCUT2D eigenvalue weighted by Crippen LogP contribution is -2.42. The summed E-state index contributed by atoms with van der Waals surface area (Å²) < 4.78 is 0. The number of nitrogens with zero attached hydrogens (tertiary/aromatic N) is 2. The molecule has 0 atom stereocenters. The fourth-order valence-electron chi connectivity index (χ4n) is 1.15. The van der Waals surface area contributed by atoms with E-state index in [0.717, 1.165) is 4.90 Å². The summed E-state index contributed by atoms with van der Waals surface area (Å²) in [6, 6.07) is -0.550. The van der Waals surface area contributed by atoms with E-state index in [1.807, 2.05) is 0 Å². The van der Waals surface area contributed by atoms with E-state index in [1.54, 1.807) is 0 Å². The van der Waals surface area contributed by atoms with E-state index in [9.17, 15) is 14.4 Å². The van der Waals surface area contributed by atoms with E-state index < -0.39 is 11.9 Å². The van der Waals surface area contributed by atoms with Gasteiger partial charge in [0, 0.05) is 13.6 Å². The summed E-state index contributed by atoms with van der Waals surface area (Å²) in [6.45, 7) is -0.304. The van der Waals surface area contributed by atoms with E-state index in [4.69, 9.17) is 5.11 Å². The standard InChI is InChI=1S/C8H13N3O4/c1-10(2-3-12)7(14)5-11-6(13)4-9-8(11)15/h12H,2-5H2,1H3,(H,9,15). The molecule has 0 saturated carbocycles. The number of hydrogen-bond donors (Lipinski definition) is 2. The highest BCUT2D eigenvalue weighted by molar-refractivity contribution is 6.04. The predicted octanol–water partition coefficient (Wildman–Crippen LogP) is -2.01. The van der Waals surface area contributed by atoms with Crippen LogP contribution in [0.4, 0.5) is 4.79 Å². The molecule has 0 unspecified atom stereocenters. The van der Waals surface area contributed by atoms with Gasteiger partial charge in [-0.25, -0.2) is 4.79 Å². The highest BCUT2D eigenvalue weighted by atomic mass is 16.3. The van der Waals surface area contributed by atoms with Gasteiger partial charge in [-0.05, 0) is 0 Å². The lowest BCUT2D eigenvalue weighted by Gasteiger charge is -2.18. The number of carbonyl (C=O) groups is 3. The molecule has 0 aromatic rings. The van der Waals surface area contributed by atoms with Gasteiger partial charge in [0.1, 0.15) is 6.54 Å². The van der Waals surface area contributed by atoms with Crippen LogP contribution in [-0.4, -0.2) is 66.0 Å². The zero-order valence-corrected chi connectivity index (χ0v) is 8.39. The number of likely N-dealkylation sites (N-methyl/N-ethyl adjacent to an activating group) is 1. The average molecular weight is 215 g/mol. The Hall–Kier alpha value is -1.63. The molecule has 0 aromatic heterocycles. The van der Waals surface area contributed by atoms with Gasteiger partial charge in [0.05, 0.1) is 13.2 Å². The van der Waals surface area contributed by atoms with Crippen LogP contribution in [0.3, 0.4) is 0 Å². The molecular weight excluding hydrogens is 202 g/mol. The maximum Gasteiger partial charge on any atom is 0.325 e. The Morgan fingerprint density at radius 1 is 1.60 bits per heavy atom. The van der Waals surface area contributed by atoms with E-state index in [2.05, 4.69) is 5.32 Å². The summed E-state index contributed by atoms with van der Waals surface area (Å²) in [5.41, 5.74) is 0. The summed E-state index contributed by atoms with van der Waals surface area (Å²) in [5, 5.41) is 10.9. The number of urea groups is 1. The van der Waals surface area contributed by atoms with E-state index in [0.29, 0.717) is 0 Å². The molecule has 0 aromatic carbocycles. The molecular formula is C8H13N3O4. The molecule has 1 heterocycles. The minimum atomic E-state index is -0.550. The van der Waals surface area contributed by atoms with Crippen molar-refractivity contribution in [2.45, 2.75) is 0 Å². The van der Waals surface area contributed by atoms with Gasteiger partial charge >= 0.3 is 6.03 Å². The SMILES string of the molecule is CN(CCO)C(=O)CN1C(=O)CNC1=O. The summed E-state index contributed by atoms with van der Waals surface area (Å²) in [7, 11) is 1.50. The Bertz CT molecular complexity index is 276. The van der Waals surface area contributed by atoms with Gasteiger partial charge in [-0.2, -0.15) is 0 Å². The number of aliphatic hydroxyl groups is 1. The zero-order valence-electron chi connectivity index (χ0n) is 8.39. The quantitative estimate of drug-likeness (QED) is 0.530. The van der Waals surface area contributed by atoms with Crippen molar-refractivity contribution in [3.05, 3.63) is 0 Å². The first-order valence-electron chi connectivity index (χ1n) is 4.49. The Kier molecular flexibility index (Phi) is 3.62. The number of carbonyl (C=O) groups excluding carboxylic acids is 3. The van der Waals surface area contributed by atoms with Crippen molar-refractivity contribution in [2.24, 2.45) is 0 Å². The third-order valence-electron chi connectivity index (χ3n) is 2.09. The monoisotopic (exact) mass is 215 g/mol.